The van der Waals surface area contributed by atoms with Gasteiger partial charge in [-0.1, -0.05) is 13.3 Å². The van der Waals surface area contributed by atoms with Crippen molar-refractivity contribution in [2.75, 3.05) is 13.2 Å². The summed E-state index contributed by atoms with van der Waals surface area (Å²) in [6.07, 6.45) is 0.778. The van der Waals surface area contributed by atoms with Crippen LogP contribution in [-0.2, 0) is 14.8 Å². The molecule has 1 aliphatic rings. The zero-order chi connectivity index (χ0) is 15.5. The molecular formula is C13H17NO6S. The van der Waals surface area contributed by atoms with Crippen LogP contribution in [-0.4, -0.2) is 38.7 Å². The molecule has 1 unspecified atom stereocenters. The minimum atomic E-state index is -3.93. The molecule has 21 heavy (non-hydrogen) atoms. The molecule has 1 aromatic carbocycles. The Balaban J connectivity index is 2.24. The van der Waals surface area contributed by atoms with Crippen molar-refractivity contribution in [2.24, 2.45) is 0 Å². The SMILES string of the molecule is CCCC(NS(=O)(=O)c1ccc2c(c1)OCCO2)C(=O)O. The van der Waals surface area contributed by atoms with Crippen molar-refractivity contribution in [3.63, 3.8) is 0 Å². The summed E-state index contributed by atoms with van der Waals surface area (Å²) in [5.74, 6) is -0.381. The summed E-state index contributed by atoms with van der Waals surface area (Å²) in [5, 5.41) is 9.04. The second-order valence-corrected chi connectivity index (χ2v) is 6.32. The molecule has 0 saturated heterocycles. The Labute approximate surface area is 122 Å². The molecule has 1 heterocycles. The number of sulfonamides is 1. The van der Waals surface area contributed by atoms with E-state index in [0.717, 1.165) is 0 Å². The van der Waals surface area contributed by atoms with Gasteiger partial charge < -0.3 is 14.6 Å². The van der Waals surface area contributed by atoms with Crippen molar-refractivity contribution >= 4 is 16.0 Å². The maximum Gasteiger partial charge on any atom is 0.321 e. The minimum Gasteiger partial charge on any atom is -0.486 e. The first-order valence-corrected chi connectivity index (χ1v) is 8.07. The van der Waals surface area contributed by atoms with Crippen LogP contribution in [0.1, 0.15) is 19.8 Å². The standard InChI is InChI=1S/C13H17NO6S/c1-2-3-10(13(15)16)14-21(17,18)9-4-5-11-12(8-9)20-7-6-19-11/h4-5,8,10,14H,2-3,6-7H2,1H3,(H,15,16). The van der Waals surface area contributed by atoms with Gasteiger partial charge in [-0.3, -0.25) is 4.79 Å². The summed E-state index contributed by atoms with van der Waals surface area (Å²) in [5.41, 5.74) is 0. The molecule has 0 saturated carbocycles. The van der Waals surface area contributed by atoms with Crippen LogP contribution < -0.4 is 14.2 Å². The highest BCUT2D eigenvalue weighted by Gasteiger charge is 2.26. The lowest BCUT2D eigenvalue weighted by atomic mass is 10.2. The molecule has 0 radical (unpaired) electrons. The maximum atomic E-state index is 12.2. The fraction of sp³-hybridized carbons (Fsp3) is 0.462. The highest BCUT2D eigenvalue weighted by atomic mass is 32.2. The van der Waals surface area contributed by atoms with Gasteiger partial charge in [-0.05, 0) is 18.6 Å². The van der Waals surface area contributed by atoms with Gasteiger partial charge in [0.25, 0.3) is 0 Å². The Kier molecular flexibility index (Phi) is 4.69. The molecule has 0 amide bonds. The smallest absolute Gasteiger partial charge is 0.321 e. The van der Waals surface area contributed by atoms with Crippen LogP contribution in [0, 0.1) is 0 Å². The average molecular weight is 315 g/mol. The Bertz CT molecular complexity index is 628. The number of fused-ring (bicyclic) bond motifs is 1. The van der Waals surface area contributed by atoms with E-state index in [9.17, 15) is 13.2 Å². The quantitative estimate of drug-likeness (QED) is 0.811. The van der Waals surface area contributed by atoms with Crippen LogP contribution in [0.15, 0.2) is 23.1 Å². The molecule has 8 heteroatoms. The summed E-state index contributed by atoms with van der Waals surface area (Å²) < 4.78 is 37.3. The summed E-state index contributed by atoms with van der Waals surface area (Å²) in [6.45, 7) is 2.54. The van der Waals surface area contributed by atoms with Gasteiger partial charge in [0.1, 0.15) is 19.3 Å². The Morgan fingerprint density at radius 1 is 1.33 bits per heavy atom. The van der Waals surface area contributed by atoms with E-state index in [-0.39, 0.29) is 11.3 Å². The minimum absolute atomic E-state index is 0.0471. The lowest BCUT2D eigenvalue weighted by Crippen LogP contribution is -2.40. The molecule has 1 atom stereocenters. The Morgan fingerprint density at radius 2 is 2.00 bits per heavy atom. The van der Waals surface area contributed by atoms with E-state index in [0.29, 0.717) is 31.1 Å². The molecule has 116 valence electrons. The first-order chi connectivity index (χ1) is 9.94. The predicted octanol–water partition coefficient (Wildman–Crippen LogP) is 0.989. The molecule has 1 aromatic rings. The summed E-state index contributed by atoms with van der Waals surface area (Å²) in [7, 11) is -3.93. The van der Waals surface area contributed by atoms with Gasteiger partial charge in [-0.15, -0.1) is 0 Å². The summed E-state index contributed by atoms with van der Waals surface area (Å²) in [4.78, 5) is 11.0. The predicted molar refractivity (Wildman–Crippen MR) is 74.1 cm³/mol. The van der Waals surface area contributed by atoms with Gasteiger partial charge >= 0.3 is 5.97 Å². The van der Waals surface area contributed by atoms with E-state index < -0.39 is 22.0 Å². The number of carbonyl (C=O) groups is 1. The number of hydrogen-bond acceptors (Lipinski definition) is 5. The van der Waals surface area contributed by atoms with Crippen LogP contribution in [0.25, 0.3) is 0 Å². The van der Waals surface area contributed by atoms with E-state index in [1.165, 1.54) is 18.2 Å². The number of ether oxygens (including phenoxy) is 2. The van der Waals surface area contributed by atoms with Gasteiger partial charge in [0.2, 0.25) is 10.0 Å². The van der Waals surface area contributed by atoms with E-state index in [4.69, 9.17) is 14.6 Å². The third kappa shape index (κ3) is 3.64. The van der Waals surface area contributed by atoms with Gasteiger partial charge in [-0.2, -0.15) is 4.72 Å². The molecule has 0 aromatic heterocycles. The molecule has 0 aliphatic carbocycles. The molecule has 2 N–H and O–H groups in total. The number of carboxylic acids is 1. The number of rotatable bonds is 6. The second kappa shape index (κ2) is 6.31. The summed E-state index contributed by atoms with van der Waals surface area (Å²) in [6, 6.07) is 3.05. The van der Waals surface area contributed by atoms with Crippen molar-refractivity contribution in [2.45, 2.75) is 30.7 Å². The molecule has 2 rings (SSSR count). The Morgan fingerprint density at radius 3 is 2.62 bits per heavy atom. The third-order valence-corrected chi connectivity index (χ3v) is 4.47. The zero-order valence-electron chi connectivity index (χ0n) is 11.5. The highest BCUT2D eigenvalue weighted by molar-refractivity contribution is 7.89. The van der Waals surface area contributed by atoms with E-state index in [2.05, 4.69) is 4.72 Å². The largest absolute Gasteiger partial charge is 0.486 e. The van der Waals surface area contributed by atoms with E-state index in [1.807, 2.05) is 0 Å². The van der Waals surface area contributed by atoms with Crippen LogP contribution in [0.2, 0.25) is 0 Å². The van der Waals surface area contributed by atoms with Crippen molar-refractivity contribution < 1.29 is 27.8 Å². The maximum absolute atomic E-state index is 12.2. The van der Waals surface area contributed by atoms with Crippen LogP contribution in [0.3, 0.4) is 0 Å². The number of carboxylic acid groups (broad SMARTS) is 1. The van der Waals surface area contributed by atoms with Crippen LogP contribution >= 0.6 is 0 Å². The van der Waals surface area contributed by atoms with Crippen molar-refractivity contribution in [3.8, 4) is 11.5 Å². The van der Waals surface area contributed by atoms with Crippen LogP contribution in [0.4, 0.5) is 0 Å². The van der Waals surface area contributed by atoms with Gasteiger partial charge in [0, 0.05) is 6.07 Å². The highest BCUT2D eigenvalue weighted by Crippen LogP contribution is 2.32. The number of nitrogens with one attached hydrogen (secondary N) is 1. The van der Waals surface area contributed by atoms with Crippen LogP contribution in [0.5, 0.6) is 11.5 Å². The van der Waals surface area contributed by atoms with Crippen molar-refractivity contribution in [3.05, 3.63) is 18.2 Å². The molecule has 0 fully saturated rings. The molecule has 7 nitrogen and oxygen atoms in total. The normalized spacial score (nSPS) is 15.5. The second-order valence-electron chi connectivity index (χ2n) is 4.61. The third-order valence-electron chi connectivity index (χ3n) is 3.00. The first kappa shape index (κ1) is 15.6. The first-order valence-electron chi connectivity index (χ1n) is 6.59. The molecule has 1 aliphatic heterocycles. The fourth-order valence-electron chi connectivity index (χ4n) is 1.97. The monoisotopic (exact) mass is 315 g/mol. The summed E-state index contributed by atoms with van der Waals surface area (Å²) >= 11 is 0. The van der Waals surface area contributed by atoms with Crippen molar-refractivity contribution in [1.29, 1.82) is 0 Å². The van der Waals surface area contributed by atoms with Gasteiger partial charge in [0.15, 0.2) is 11.5 Å². The molecular weight excluding hydrogens is 298 g/mol. The molecule has 0 bridgehead atoms. The Hall–Kier alpha value is -1.80. The van der Waals surface area contributed by atoms with Crippen molar-refractivity contribution in [1.82, 2.24) is 4.72 Å². The van der Waals surface area contributed by atoms with E-state index >= 15 is 0 Å². The van der Waals surface area contributed by atoms with Gasteiger partial charge in [-0.25, -0.2) is 8.42 Å². The topological polar surface area (TPSA) is 102 Å². The van der Waals surface area contributed by atoms with E-state index in [1.54, 1.807) is 6.92 Å². The lowest BCUT2D eigenvalue weighted by Gasteiger charge is -2.19. The number of hydrogen-bond donors (Lipinski definition) is 2. The number of benzene rings is 1. The fourth-order valence-corrected chi connectivity index (χ4v) is 3.21. The number of aliphatic carboxylic acids is 1. The van der Waals surface area contributed by atoms with Gasteiger partial charge in [0.05, 0.1) is 4.90 Å². The zero-order valence-corrected chi connectivity index (χ0v) is 12.4. The lowest BCUT2D eigenvalue weighted by molar-refractivity contribution is -0.139. The molecule has 0 spiro atoms. The average Bonchev–Trinajstić information content (AvgIpc) is 2.46.